The zero-order chi connectivity index (χ0) is 17.1. The minimum absolute atomic E-state index is 0.229. The van der Waals surface area contributed by atoms with Gasteiger partial charge < -0.3 is 14.9 Å². The minimum Gasteiger partial charge on any atom is -0.494 e. The molecule has 2 rings (SSSR count). The molecule has 0 saturated heterocycles. The lowest BCUT2D eigenvalue weighted by Crippen LogP contribution is -2.12. The fourth-order valence-electron chi connectivity index (χ4n) is 2.19. The zero-order valence-corrected chi connectivity index (χ0v) is 14.7. The molecule has 124 valence electrons. The fourth-order valence-corrected chi connectivity index (χ4v) is 3.39. The van der Waals surface area contributed by atoms with Gasteiger partial charge in [-0.2, -0.15) is 0 Å². The molecule has 0 bridgehead atoms. The van der Waals surface area contributed by atoms with E-state index in [4.69, 9.17) is 27.9 Å². The topological polar surface area (TPSA) is 71.7 Å². The van der Waals surface area contributed by atoms with Crippen LogP contribution in [-0.2, 0) is 9.53 Å². The van der Waals surface area contributed by atoms with Gasteiger partial charge in [0.25, 0.3) is 0 Å². The van der Waals surface area contributed by atoms with E-state index in [0.717, 1.165) is 4.57 Å². The molecule has 0 aliphatic heterocycles. The Morgan fingerprint density at radius 1 is 1.26 bits per heavy atom. The van der Waals surface area contributed by atoms with E-state index in [-0.39, 0.29) is 23.9 Å². The van der Waals surface area contributed by atoms with Gasteiger partial charge >= 0.3 is 5.97 Å². The summed E-state index contributed by atoms with van der Waals surface area (Å²) in [6, 6.07) is 5.93. The molecule has 0 radical (unpaired) electrons. The number of aromatic nitrogens is 1. The molecule has 1 unspecified atom stereocenters. The van der Waals surface area contributed by atoms with Crippen LogP contribution in [0.3, 0.4) is 0 Å². The lowest BCUT2D eigenvalue weighted by Gasteiger charge is -2.13. The summed E-state index contributed by atoms with van der Waals surface area (Å²) in [5.41, 5.74) is 0.636. The van der Waals surface area contributed by atoms with Gasteiger partial charge in [-0.05, 0) is 31.4 Å². The molecule has 8 heteroatoms. The summed E-state index contributed by atoms with van der Waals surface area (Å²) in [6.45, 7) is 1.93. The zero-order valence-electron chi connectivity index (χ0n) is 12.4. The van der Waals surface area contributed by atoms with Crippen molar-refractivity contribution in [2.75, 3.05) is 12.9 Å². The third-order valence-corrected chi connectivity index (χ3v) is 4.46. The van der Waals surface area contributed by atoms with Gasteiger partial charge in [-0.1, -0.05) is 23.2 Å². The summed E-state index contributed by atoms with van der Waals surface area (Å²) in [7, 11) is 0. The maximum atomic E-state index is 12.0. The highest BCUT2D eigenvalue weighted by Crippen LogP contribution is 2.41. The van der Waals surface area contributed by atoms with Crippen molar-refractivity contribution in [1.82, 2.24) is 4.57 Å². The van der Waals surface area contributed by atoms with Gasteiger partial charge in [0.15, 0.2) is 5.88 Å². The first-order valence-corrected chi connectivity index (χ1v) is 8.72. The van der Waals surface area contributed by atoms with Gasteiger partial charge in [-0.3, -0.25) is 9.36 Å². The molecular formula is C15H15Cl2NO4S. The number of hydrogen-bond donors (Lipinski definition) is 2. The number of hydrogen-bond acceptors (Lipinski definition) is 5. The molecule has 2 aromatic rings. The molecule has 0 saturated carbocycles. The van der Waals surface area contributed by atoms with E-state index < -0.39 is 11.2 Å². The van der Waals surface area contributed by atoms with Crippen molar-refractivity contribution in [1.29, 1.82) is 0 Å². The SMILES string of the molecule is CCOC(=O)C(SC)c1cc(O)n(-c2cc(Cl)cc(Cl)c2)c1O. The molecule has 0 spiro atoms. The number of thioether (sulfide) groups is 1. The van der Waals surface area contributed by atoms with Crippen LogP contribution in [0.2, 0.25) is 10.0 Å². The van der Waals surface area contributed by atoms with Gasteiger partial charge in [0.2, 0.25) is 5.88 Å². The van der Waals surface area contributed by atoms with Gasteiger partial charge in [0.1, 0.15) is 5.25 Å². The number of carbonyl (C=O) groups excluding carboxylic acids is 1. The number of ether oxygens (including phenoxy) is 1. The predicted octanol–water partition coefficient (Wildman–Crippen LogP) is 4.16. The Morgan fingerprint density at radius 2 is 1.87 bits per heavy atom. The molecule has 0 amide bonds. The van der Waals surface area contributed by atoms with Crippen LogP contribution in [0.25, 0.3) is 5.69 Å². The second-order valence-electron chi connectivity index (χ2n) is 4.61. The number of rotatable bonds is 5. The first kappa shape index (κ1) is 17.8. The summed E-state index contributed by atoms with van der Waals surface area (Å²) in [5, 5.41) is 20.6. The van der Waals surface area contributed by atoms with Crippen LogP contribution in [0.5, 0.6) is 11.8 Å². The van der Waals surface area contributed by atoms with Gasteiger partial charge in [0, 0.05) is 21.7 Å². The molecule has 1 heterocycles. The second kappa shape index (κ2) is 7.38. The quantitative estimate of drug-likeness (QED) is 0.767. The van der Waals surface area contributed by atoms with Gasteiger partial charge in [-0.15, -0.1) is 11.8 Å². The second-order valence-corrected chi connectivity index (χ2v) is 6.43. The normalized spacial score (nSPS) is 12.2. The van der Waals surface area contributed by atoms with E-state index in [9.17, 15) is 15.0 Å². The maximum absolute atomic E-state index is 12.0. The first-order valence-electron chi connectivity index (χ1n) is 6.68. The summed E-state index contributed by atoms with van der Waals surface area (Å²) in [6.07, 6.45) is 1.71. The predicted molar refractivity (Wildman–Crippen MR) is 92.0 cm³/mol. The molecule has 0 aliphatic carbocycles. The van der Waals surface area contributed by atoms with Gasteiger partial charge in [0.05, 0.1) is 12.3 Å². The van der Waals surface area contributed by atoms with Crippen LogP contribution in [0.15, 0.2) is 24.3 Å². The smallest absolute Gasteiger partial charge is 0.323 e. The van der Waals surface area contributed by atoms with Crippen molar-refractivity contribution in [3.05, 3.63) is 39.9 Å². The molecular weight excluding hydrogens is 361 g/mol. The van der Waals surface area contributed by atoms with Crippen molar-refractivity contribution in [3.63, 3.8) is 0 Å². The molecule has 1 atom stereocenters. The van der Waals surface area contributed by atoms with Crippen LogP contribution < -0.4 is 0 Å². The largest absolute Gasteiger partial charge is 0.494 e. The third kappa shape index (κ3) is 3.71. The van der Waals surface area contributed by atoms with Crippen molar-refractivity contribution in [2.45, 2.75) is 12.2 Å². The van der Waals surface area contributed by atoms with Crippen LogP contribution >= 0.6 is 35.0 Å². The van der Waals surface area contributed by atoms with Gasteiger partial charge in [-0.25, -0.2) is 0 Å². The molecule has 1 aromatic heterocycles. The summed E-state index contributed by atoms with van der Waals surface area (Å²) in [5.74, 6) is -0.996. The molecule has 5 nitrogen and oxygen atoms in total. The average molecular weight is 376 g/mol. The lowest BCUT2D eigenvalue weighted by molar-refractivity contribution is -0.142. The Hall–Kier alpha value is -1.50. The summed E-state index contributed by atoms with van der Waals surface area (Å²) < 4.78 is 6.16. The average Bonchev–Trinajstić information content (AvgIpc) is 2.74. The highest BCUT2D eigenvalue weighted by Gasteiger charge is 2.28. The molecule has 2 N–H and O–H groups in total. The Kier molecular flexibility index (Phi) is 5.73. The molecule has 23 heavy (non-hydrogen) atoms. The monoisotopic (exact) mass is 375 g/mol. The van der Waals surface area contributed by atoms with Crippen LogP contribution in [0, 0.1) is 0 Å². The highest BCUT2D eigenvalue weighted by atomic mass is 35.5. The summed E-state index contributed by atoms with van der Waals surface area (Å²) >= 11 is 13.1. The van der Waals surface area contributed by atoms with E-state index in [0.29, 0.717) is 15.7 Å². The van der Waals surface area contributed by atoms with Crippen LogP contribution in [-0.4, -0.2) is 33.6 Å². The number of carbonyl (C=O) groups is 1. The number of halogens is 2. The van der Waals surface area contributed by atoms with Crippen molar-refractivity contribution < 1.29 is 19.7 Å². The Morgan fingerprint density at radius 3 is 2.39 bits per heavy atom. The molecule has 1 aromatic carbocycles. The van der Waals surface area contributed by atoms with E-state index in [1.165, 1.54) is 36.0 Å². The lowest BCUT2D eigenvalue weighted by atomic mass is 10.2. The Labute approximate surface area is 147 Å². The minimum atomic E-state index is -0.753. The fraction of sp³-hybridized carbons (Fsp3) is 0.267. The maximum Gasteiger partial charge on any atom is 0.323 e. The van der Waals surface area contributed by atoms with E-state index in [1.54, 1.807) is 13.2 Å². The number of nitrogens with zero attached hydrogens (tertiary/aromatic N) is 1. The number of benzene rings is 1. The third-order valence-electron chi connectivity index (χ3n) is 3.11. The van der Waals surface area contributed by atoms with Crippen molar-refractivity contribution >= 4 is 40.9 Å². The first-order chi connectivity index (χ1) is 10.9. The van der Waals surface area contributed by atoms with E-state index in [2.05, 4.69) is 0 Å². The Balaban J connectivity index is 2.52. The summed E-state index contributed by atoms with van der Waals surface area (Å²) in [4.78, 5) is 12.0. The standard InChI is InChI=1S/C15H15Cl2NO4S/c1-3-22-15(21)13(23-2)11-7-12(19)18(14(11)20)10-5-8(16)4-9(17)6-10/h4-7,13,19-20H,3H2,1-2H3. The molecule has 0 aliphatic rings. The molecule has 0 fully saturated rings. The van der Waals surface area contributed by atoms with Crippen LogP contribution in [0.4, 0.5) is 0 Å². The van der Waals surface area contributed by atoms with Crippen molar-refractivity contribution in [2.24, 2.45) is 0 Å². The van der Waals surface area contributed by atoms with E-state index in [1.807, 2.05) is 0 Å². The number of esters is 1. The number of aromatic hydroxyl groups is 2. The van der Waals surface area contributed by atoms with E-state index >= 15 is 0 Å². The Bertz CT molecular complexity index is 712. The highest BCUT2D eigenvalue weighted by molar-refractivity contribution is 7.99. The van der Waals surface area contributed by atoms with Crippen molar-refractivity contribution in [3.8, 4) is 17.4 Å². The van der Waals surface area contributed by atoms with Crippen LogP contribution in [0.1, 0.15) is 17.7 Å².